The molecule has 1 aliphatic heterocycles. The van der Waals surface area contributed by atoms with Crippen molar-refractivity contribution in [3.05, 3.63) is 46.1 Å². The van der Waals surface area contributed by atoms with Gasteiger partial charge >= 0.3 is 0 Å². The first kappa shape index (κ1) is 15.8. The molecule has 0 unspecified atom stereocenters. The minimum absolute atomic E-state index is 0.168. The molecule has 2 heterocycles. The SMILES string of the molecule is CN1CCN(CCCc2ccc3cccnc3c2[N+](=O)[O-])CC1. The van der Waals surface area contributed by atoms with Crippen molar-refractivity contribution in [1.29, 1.82) is 0 Å². The number of hydrogen-bond acceptors (Lipinski definition) is 5. The Morgan fingerprint density at radius 3 is 2.74 bits per heavy atom. The van der Waals surface area contributed by atoms with Crippen LogP contribution in [0.4, 0.5) is 5.69 Å². The van der Waals surface area contributed by atoms with E-state index in [-0.39, 0.29) is 10.6 Å². The number of likely N-dealkylation sites (N-methyl/N-ethyl adjacent to an activating group) is 1. The molecule has 23 heavy (non-hydrogen) atoms. The van der Waals surface area contributed by atoms with E-state index >= 15 is 0 Å². The van der Waals surface area contributed by atoms with Gasteiger partial charge < -0.3 is 9.80 Å². The second kappa shape index (κ2) is 7.02. The third-order valence-electron chi connectivity index (χ3n) is 4.53. The highest BCUT2D eigenvalue weighted by Gasteiger charge is 2.20. The maximum Gasteiger partial charge on any atom is 0.298 e. The summed E-state index contributed by atoms with van der Waals surface area (Å²) < 4.78 is 0. The minimum atomic E-state index is -0.291. The summed E-state index contributed by atoms with van der Waals surface area (Å²) in [7, 11) is 2.14. The average Bonchev–Trinajstić information content (AvgIpc) is 2.56. The molecule has 1 fully saturated rings. The smallest absolute Gasteiger partial charge is 0.298 e. The number of rotatable bonds is 5. The predicted molar refractivity (Wildman–Crippen MR) is 90.7 cm³/mol. The third-order valence-corrected chi connectivity index (χ3v) is 4.53. The van der Waals surface area contributed by atoms with Crippen molar-refractivity contribution in [3.8, 4) is 0 Å². The zero-order valence-electron chi connectivity index (χ0n) is 13.4. The van der Waals surface area contributed by atoms with Gasteiger partial charge in [-0.25, -0.2) is 4.98 Å². The van der Waals surface area contributed by atoms with Gasteiger partial charge in [-0.2, -0.15) is 0 Å². The van der Waals surface area contributed by atoms with Gasteiger partial charge in [0.2, 0.25) is 0 Å². The van der Waals surface area contributed by atoms with Crippen molar-refractivity contribution in [2.75, 3.05) is 39.8 Å². The molecule has 6 nitrogen and oxygen atoms in total. The van der Waals surface area contributed by atoms with Gasteiger partial charge in [0, 0.05) is 43.3 Å². The molecule has 6 heteroatoms. The molecule has 1 aliphatic rings. The Bertz CT molecular complexity index is 696. The van der Waals surface area contributed by atoms with Crippen molar-refractivity contribution >= 4 is 16.6 Å². The summed E-state index contributed by atoms with van der Waals surface area (Å²) in [5.74, 6) is 0. The molecule has 0 N–H and O–H groups in total. The van der Waals surface area contributed by atoms with Crippen LogP contribution in [-0.4, -0.2) is 59.5 Å². The van der Waals surface area contributed by atoms with Crippen molar-refractivity contribution in [2.24, 2.45) is 0 Å². The first-order valence-electron chi connectivity index (χ1n) is 8.07. The van der Waals surface area contributed by atoms with E-state index in [4.69, 9.17) is 0 Å². The van der Waals surface area contributed by atoms with Gasteiger partial charge in [-0.3, -0.25) is 10.1 Å². The zero-order chi connectivity index (χ0) is 16.2. The number of hydrogen-bond donors (Lipinski definition) is 0. The number of aryl methyl sites for hydroxylation is 1. The molecule has 2 aromatic rings. The van der Waals surface area contributed by atoms with Gasteiger partial charge in [0.15, 0.2) is 0 Å². The summed E-state index contributed by atoms with van der Waals surface area (Å²) in [5, 5.41) is 12.3. The van der Waals surface area contributed by atoms with Crippen LogP contribution >= 0.6 is 0 Å². The van der Waals surface area contributed by atoms with Crippen LogP contribution in [0.15, 0.2) is 30.5 Å². The second-order valence-electron chi connectivity index (χ2n) is 6.15. The molecule has 122 valence electrons. The average molecular weight is 314 g/mol. The lowest BCUT2D eigenvalue weighted by Crippen LogP contribution is -2.44. The third kappa shape index (κ3) is 3.65. The Kier molecular flexibility index (Phi) is 4.83. The van der Waals surface area contributed by atoms with Crippen LogP contribution in [0.5, 0.6) is 0 Å². The van der Waals surface area contributed by atoms with E-state index in [0.29, 0.717) is 5.52 Å². The predicted octanol–water partition coefficient (Wildman–Crippen LogP) is 2.32. The molecule has 0 saturated carbocycles. The van der Waals surface area contributed by atoms with Crippen LogP contribution in [0, 0.1) is 10.1 Å². The molecule has 0 aliphatic carbocycles. The molecule has 1 saturated heterocycles. The summed E-state index contributed by atoms with van der Waals surface area (Å²) in [4.78, 5) is 20.2. The van der Waals surface area contributed by atoms with Crippen LogP contribution in [-0.2, 0) is 6.42 Å². The Hall–Kier alpha value is -2.05. The Morgan fingerprint density at radius 1 is 1.22 bits per heavy atom. The first-order chi connectivity index (χ1) is 11.1. The summed E-state index contributed by atoms with van der Waals surface area (Å²) >= 11 is 0. The second-order valence-corrected chi connectivity index (χ2v) is 6.15. The van der Waals surface area contributed by atoms with Gasteiger partial charge in [-0.15, -0.1) is 0 Å². The number of aromatic nitrogens is 1. The fourth-order valence-electron chi connectivity index (χ4n) is 3.14. The number of piperazine rings is 1. The largest absolute Gasteiger partial charge is 0.304 e. The van der Waals surface area contributed by atoms with E-state index in [9.17, 15) is 10.1 Å². The van der Waals surface area contributed by atoms with Gasteiger partial charge in [-0.1, -0.05) is 18.2 Å². The van der Waals surface area contributed by atoms with E-state index in [1.165, 1.54) is 0 Å². The maximum absolute atomic E-state index is 11.5. The molecule has 0 radical (unpaired) electrons. The lowest BCUT2D eigenvalue weighted by Gasteiger charge is -2.32. The van der Waals surface area contributed by atoms with E-state index in [1.807, 2.05) is 18.2 Å². The van der Waals surface area contributed by atoms with Gasteiger partial charge in [-0.05, 0) is 32.5 Å². The van der Waals surface area contributed by atoms with E-state index in [1.54, 1.807) is 12.3 Å². The molecular formula is C17H22N4O2. The summed E-state index contributed by atoms with van der Waals surface area (Å²) in [6.07, 6.45) is 3.27. The summed E-state index contributed by atoms with van der Waals surface area (Å²) in [5.41, 5.74) is 1.45. The fourth-order valence-corrected chi connectivity index (χ4v) is 3.14. The standard InChI is InChI=1S/C17H22N4O2/c1-19-10-12-20(13-11-19)9-3-5-15-7-6-14-4-2-8-18-16(14)17(15)21(22)23/h2,4,6-8H,3,5,9-13H2,1H3. The lowest BCUT2D eigenvalue weighted by atomic mass is 10.0. The number of pyridine rings is 1. The van der Waals surface area contributed by atoms with Crippen LogP contribution in [0.3, 0.4) is 0 Å². The number of nitro groups is 1. The van der Waals surface area contributed by atoms with Crippen LogP contribution in [0.2, 0.25) is 0 Å². The number of fused-ring (bicyclic) bond motifs is 1. The lowest BCUT2D eigenvalue weighted by molar-refractivity contribution is -0.383. The van der Waals surface area contributed by atoms with E-state index in [2.05, 4.69) is 21.8 Å². The molecule has 3 rings (SSSR count). The van der Waals surface area contributed by atoms with Gasteiger partial charge in [0.25, 0.3) is 5.69 Å². The van der Waals surface area contributed by atoms with Crippen molar-refractivity contribution in [3.63, 3.8) is 0 Å². The highest BCUT2D eigenvalue weighted by atomic mass is 16.6. The Morgan fingerprint density at radius 2 is 2.00 bits per heavy atom. The maximum atomic E-state index is 11.5. The van der Waals surface area contributed by atoms with Crippen molar-refractivity contribution < 1.29 is 4.92 Å². The fraction of sp³-hybridized carbons (Fsp3) is 0.471. The Balaban J connectivity index is 1.70. The van der Waals surface area contributed by atoms with Crippen LogP contribution in [0.25, 0.3) is 10.9 Å². The highest BCUT2D eigenvalue weighted by Crippen LogP contribution is 2.28. The van der Waals surface area contributed by atoms with Crippen molar-refractivity contribution in [1.82, 2.24) is 14.8 Å². The monoisotopic (exact) mass is 314 g/mol. The molecule has 0 atom stereocenters. The summed E-state index contributed by atoms with van der Waals surface area (Å²) in [6.45, 7) is 5.35. The molecular weight excluding hydrogens is 292 g/mol. The number of nitro benzene ring substituents is 1. The zero-order valence-corrected chi connectivity index (χ0v) is 13.4. The quantitative estimate of drug-likeness (QED) is 0.626. The topological polar surface area (TPSA) is 62.5 Å². The minimum Gasteiger partial charge on any atom is -0.304 e. The van der Waals surface area contributed by atoms with Gasteiger partial charge in [0.1, 0.15) is 5.52 Å². The summed E-state index contributed by atoms with van der Waals surface area (Å²) in [6, 6.07) is 7.48. The van der Waals surface area contributed by atoms with Gasteiger partial charge in [0.05, 0.1) is 4.92 Å². The highest BCUT2D eigenvalue weighted by molar-refractivity contribution is 5.88. The normalized spacial score (nSPS) is 16.7. The van der Waals surface area contributed by atoms with Crippen LogP contribution < -0.4 is 0 Å². The van der Waals surface area contributed by atoms with E-state index in [0.717, 1.165) is 56.5 Å². The van der Waals surface area contributed by atoms with E-state index < -0.39 is 0 Å². The number of nitrogens with zero attached hydrogens (tertiary/aromatic N) is 4. The van der Waals surface area contributed by atoms with Crippen molar-refractivity contribution in [2.45, 2.75) is 12.8 Å². The molecule has 1 aromatic heterocycles. The van der Waals surface area contributed by atoms with Crippen LogP contribution in [0.1, 0.15) is 12.0 Å². The molecule has 0 amide bonds. The molecule has 0 spiro atoms. The number of benzene rings is 1. The first-order valence-corrected chi connectivity index (χ1v) is 8.07. The Labute approximate surface area is 135 Å². The molecule has 1 aromatic carbocycles. The molecule has 0 bridgehead atoms.